The molecular formula is C11H20N4OS. The van der Waals surface area contributed by atoms with E-state index in [-0.39, 0.29) is 11.7 Å². The Balaban J connectivity index is 2.00. The highest BCUT2D eigenvalue weighted by Gasteiger charge is 2.30. The first-order chi connectivity index (χ1) is 8.13. The predicted molar refractivity (Wildman–Crippen MR) is 69.5 cm³/mol. The van der Waals surface area contributed by atoms with Crippen molar-refractivity contribution in [2.75, 3.05) is 12.8 Å². The summed E-state index contributed by atoms with van der Waals surface area (Å²) < 4.78 is 1.71. The molecule has 0 aromatic carbocycles. The van der Waals surface area contributed by atoms with E-state index in [0.717, 1.165) is 16.8 Å². The molecule has 1 saturated carbocycles. The van der Waals surface area contributed by atoms with Crippen molar-refractivity contribution in [2.24, 2.45) is 5.92 Å². The average molecular weight is 256 g/mol. The molecule has 1 aliphatic rings. The lowest BCUT2D eigenvalue weighted by Gasteiger charge is -2.15. The van der Waals surface area contributed by atoms with Gasteiger partial charge in [0.25, 0.3) is 0 Å². The highest BCUT2D eigenvalue weighted by atomic mass is 32.2. The molecule has 1 fully saturated rings. The van der Waals surface area contributed by atoms with Crippen LogP contribution in [0.3, 0.4) is 0 Å². The first kappa shape index (κ1) is 12.7. The first-order valence-corrected chi connectivity index (χ1v) is 7.09. The second-order valence-corrected chi connectivity index (χ2v) is 5.81. The highest BCUT2D eigenvalue weighted by molar-refractivity contribution is 7.99. The van der Waals surface area contributed by atoms with Gasteiger partial charge in [-0.2, -0.15) is 0 Å². The van der Waals surface area contributed by atoms with E-state index >= 15 is 0 Å². The Labute approximate surface area is 105 Å². The topological polar surface area (TPSA) is 62.7 Å². The third-order valence-electron chi connectivity index (χ3n) is 3.14. The molecule has 0 bridgehead atoms. The van der Waals surface area contributed by atoms with Crippen LogP contribution in [0.1, 0.15) is 32.7 Å². The Morgan fingerprint density at radius 3 is 2.82 bits per heavy atom. The van der Waals surface area contributed by atoms with Gasteiger partial charge < -0.3 is 5.32 Å². The molecule has 17 heavy (non-hydrogen) atoms. The largest absolute Gasteiger partial charge is 0.344 e. The van der Waals surface area contributed by atoms with E-state index in [0.29, 0.717) is 6.04 Å². The van der Waals surface area contributed by atoms with Crippen LogP contribution in [0.4, 0.5) is 0 Å². The van der Waals surface area contributed by atoms with Gasteiger partial charge >= 0.3 is 5.69 Å². The smallest absolute Gasteiger partial charge is 0.316 e. The molecule has 2 N–H and O–H groups in total. The van der Waals surface area contributed by atoms with Crippen LogP contribution in [0.5, 0.6) is 0 Å². The van der Waals surface area contributed by atoms with Crippen molar-refractivity contribution >= 4 is 11.8 Å². The standard InChI is InChI=1S/C11H20N4OS/c1-7(2)15-10(16)13-14-11(15)17-6-9(12-3)8-4-5-8/h7-9,12H,4-6H2,1-3H3,(H,13,16). The van der Waals surface area contributed by atoms with Crippen LogP contribution in [0.2, 0.25) is 0 Å². The molecule has 0 saturated heterocycles. The average Bonchev–Trinajstić information content (AvgIpc) is 3.04. The molecule has 1 aliphatic carbocycles. The summed E-state index contributed by atoms with van der Waals surface area (Å²) in [6.45, 7) is 3.99. The Kier molecular flexibility index (Phi) is 3.93. The molecule has 1 unspecified atom stereocenters. The van der Waals surface area contributed by atoms with Gasteiger partial charge in [0.2, 0.25) is 0 Å². The number of H-pyrrole nitrogens is 1. The third kappa shape index (κ3) is 2.93. The summed E-state index contributed by atoms with van der Waals surface area (Å²) in [6, 6.07) is 0.685. The van der Waals surface area contributed by atoms with Crippen LogP contribution < -0.4 is 11.0 Å². The third-order valence-corrected chi connectivity index (χ3v) is 4.21. The molecule has 1 aromatic rings. The SMILES string of the molecule is CNC(CSc1n[nH]c(=O)n1C(C)C)C1CC1. The predicted octanol–water partition coefficient (Wildman–Crippen LogP) is 1.24. The molecular weight excluding hydrogens is 236 g/mol. The van der Waals surface area contributed by atoms with Gasteiger partial charge in [0.05, 0.1) is 0 Å². The maximum atomic E-state index is 11.6. The fourth-order valence-electron chi connectivity index (χ4n) is 1.97. The number of thioether (sulfide) groups is 1. The van der Waals surface area contributed by atoms with Crippen LogP contribution in [-0.4, -0.2) is 33.6 Å². The molecule has 1 atom stereocenters. The minimum atomic E-state index is -0.116. The van der Waals surface area contributed by atoms with Gasteiger partial charge in [-0.3, -0.25) is 4.57 Å². The van der Waals surface area contributed by atoms with E-state index in [1.807, 2.05) is 20.9 Å². The van der Waals surface area contributed by atoms with Crippen molar-refractivity contribution in [3.05, 3.63) is 10.5 Å². The van der Waals surface area contributed by atoms with E-state index in [1.165, 1.54) is 12.8 Å². The Morgan fingerprint density at radius 1 is 1.59 bits per heavy atom. The quantitative estimate of drug-likeness (QED) is 0.752. The van der Waals surface area contributed by atoms with E-state index in [2.05, 4.69) is 15.5 Å². The fourth-order valence-corrected chi connectivity index (χ4v) is 3.28. The van der Waals surface area contributed by atoms with Crippen molar-refractivity contribution in [3.8, 4) is 0 Å². The summed E-state index contributed by atoms with van der Waals surface area (Å²) in [5.41, 5.74) is -0.116. The van der Waals surface area contributed by atoms with E-state index in [4.69, 9.17) is 0 Å². The minimum Gasteiger partial charge on any atom is -0.316 e. The summed E-state index contributed by atoms with van der Waals surface area (Å²) in [4.78, 5) is 11.6. The summed E-state index contributed by atoms with van der Waals surface area (Å²) in [7, 11) is 2.00. The summed E-state index contributed by atoms with van der Waals surface area (Å²) >= 11 is 1.66. The lowest BCUT2D eigenvalue weighted by atomic mass is 10.2. The minimum absolute atomic E-state index is 0.116. The summed E-state index contributed by atoms with van der Waals surface area (Å²) in [5.74, 6) is 1.78. The molecule has 96 valence electrons. The summed E-state index contributed by atoms with van der Waals surface area (Å²) in [5, 5.41) is 10.7. The van der Waals surface area contributed by atoms with Gasteiger partial charge in [-0.05, 0) is 39.7 Å². The van der Waals surface area contributed by atoms with Crippen molar-refractivity contribution in [2.45, 2.75) is 43.9 Å². The maximum Gasteiger partial charge on any atom is 0.344 e. The van der Waals surface area contributed by atoms with Gasteiger partial charge in [0, 0.05) is 17.8 Å². The lowest BCUT2D eigenvalue weighted by molar-refractivity contribution is 0.529. The van der Waals surface area contributed by atoms with Crippen LogP contribution in [-0.2, 0) is 0 Å². The van der Waals surface area contributed by atoms with Crippen molar-refractivity contribution in [3.63, 3.8) is 0 Å². The molecule has 0 radical (unpaired) electrons. The zero-order valence-electron chi connectivity index (χ0n) is 10.6. The van der Waals surface area contributed by atoms with Crippen LogP contribution in [0.15, 0.2) is 9.95 Å². The van der Waals surface area contributed by atoms with Gasteiger partial charge in [0.1, 0.15) is 0 Å². The number of nitrogens with zero attached hydrogens (tertiary/aromatic N) is 2. The number of hydrogen-bond donors (Lipinski definition) is 2. The first-order valence-electron chi connectivity index (χ1n) is 6.10. The van der Waals surface area contributed by atoms with E-state index in [9.17, 15) is 4.79 Å². The number of hydrogen-bond acceptors (Lipinski definition) is 4. The maximum absolute atomic E-state index is 11.6. The fraction of sp³-hybridized carbons (Fsp3) is 0.818. The van der Waals surface area contributed by atoms with Crippen LogP contribution in [0.25, 0.3) is 0 Å². The lowest BCUT2D eigenvalue weighted by Crippen LogP contribution is -2.30. The highest BCUT2D eigenvalue weighted by Crippen LogP contribution is 2.34. The molecule has 1 aromatic heterocycles. The molecule has 0 amide bonds. The second-order valence-electron chi connectivity index (χ2n) is 4.82. The zero-order chi connectivity index (χ0) is 12.4. The van der Waals surface area contributed by atoms with Gasteiger partial charge in [-0.1, -0.05) is 11.8 Å². The summed E-state index contributed by atoms with van der Waals surface area (Å²) in [6.07, 6.45) is 2.65. The Morgan fingerprint density at radius 2 is 2.29 bits per heavy atom. The number of aromatic nitrogens is 3. The van der Waals surface area contributed by atoms with Crippen LogP contribution >= 0.6 is 11.8 Å². The van der Waals surface area contributed by atoms with Gasteiger partial charge in [0.15, 0.2) is 5.16 Å². The molecule has 1 heterocycles. The molecule has 6 heteroatoms. The van der Waals surface area contributed by atoms with Gasteiger partial charge in [-0.15, -0.1) is 5.10 Å². The second kappa shape index (κ2) is 5.27. The van der Waals surface area contributed by atoms with Crippen molar-refractivity contribution in [1.29, 1.82) is 0 Å². The Bertz CT molecular complexity index is 421. The van der Waals surface area contributed by atoms with E-state index in [1.54, 1.807) is 16.3 Å². The molecule has 0 spiro atoms. The number of nitrogens with one attached hydrogen (secondary N) is 2. The van der Waals surface area contributed by atoms with Crippen molar-refractivity contribution in [1.82, 2.24) is 20.1 Å². The van der Waals surface area contributed by atoms with Gasteiger partial charge in [-0.25, -0.2) is 9.89 Å². The van der Waals surface area contributed by atoms with E-state index < -0.39 is 0 Å². The monoisotopic (exact) mass is 256 g/mol. The normalized spacial score (nSPS) is 17.6. The molecule has 2 rings (SSSR count). The molecule has 0 aliphatic heterocycles. The number of aromatic amines is 1. The Hall–Kier alpha value is -0.750. The molecule has 5 nitrogen and oxygen atoms in total. The van der Waals surface area contributed by atoms with Crippen molar-refractivity contribution < 1.29 is 0 Å². The number of rotatable bonds is 6. The van der Waals surface area contributed by atoms with Crippen LogP contribution in [0, 0.1) is 5.92 Å². The zero-order valence-corrected chi connectivity index (χ0v) is 11.4.